The first-order chi connectivity index (χ1) is 7.28. The number of hydrogen-bond acceptors (Lipinski definition) is 2. The highest BCUT2D eigenvalue weighted by atomic mass is 32.1. The molecule has 15 heavy (non-hydrogen) atoms. The summed E-state index contributed by atoms with van der Waals surface area (Å²) in [6.45, 7) is 3.17. The van der Waals surface area contributed by atoms with Gasteiger partial charge in [0.05, 0.1) is 0 Å². The molecular weight excluding hydrogens is 202 g/mol. The molecule has 1 nitrogen and oxygen atoms in total. The van der Waals surface area contributed by atoms with Gasteiger partial charge < -0.3 is 5.73 Å². The molecule has 0 aromatic carbocycles. The highest BCUT2D eigenvalue weighted by Crippen LogP contribution is 2.45. The van der Waals surface area contributed by atoms with E-state index in [1.165, 1.54) is 37.0 Å². The molecule has 0 saturated heterocycles. The van der Waals surface area contributed by atoms with Crippen molar-refractivity contribution >= 4 is 11.3 Å². The highest BCUT2D eigenvalue weighted by Gasteiger charge is 2.37. The first kappa shape index (κ1) is 11.2. The molecule has 0 amide bonds. The Balaban J connectivity index is 2.03. The maximum atomic E-state index is 6.01. The summed E-state index contributed by atoms with van der Waals surface area (Å²) in [4.78, 5) is 1.51. The van der Waals surface area contributed by atoms with Gasteiger partial charge in [-0.2, -0.15) is 0 Å². The second-order valence-corrected chi connectivity index (χ2v) is 6.01. The summed E-state index contributed by atoms with van der Waals surface area (Å²) in [5, 5.41) is 2.17. The zero-order chi connectivity index (χ0) is 10.7. The summed E-state index contributed by atoms with van der Waals surface area (Å²) in [5.74, 6) is 0.925. The number of thiophene rings is 1. The van der Waals surface area contributed by atoms with Crippen LogP contribution < -0.4 is 5.73 Å². The van der Waals surface area contributed by atoms with Crippen molar-refractivity contribution in [2.75, 3.05) is 6.54 Å². The Bertz CT molecular complexity index is 293. The second kappa shape index (κ2) is 4.67. The first-order valence-electron chi connectivity index (χ1n) is 6.00. The topological polar surface area (TPSA) is 26.0 Å². The number of hydrogen-bond donors (Lipinski definition) is 1. The van der Waals surface area contributed by atoms with Crippen molar-refractivity contribution in [3.8, 4) is 0 Å². The smallest absolute Gasteiger partial charge is 0.00512 e. The van der Waals surface area contributed by atoms with Crippen LogP contribution in [-0.2, 0) is 6.42 Å². The fraction of sp³-hybridized carbons (Fsp3) is 0.692. The molecule has 0 bridgehead atoms. The lowest BCUT2D eigenvalue weighted by molar-refractivity contribution is 0.293. The quantitative estimate of drug-likeness (QED) is 0.831. The van der Waals surface area contributed by atoms with E-state index in [0.29, 0.717) is 5.41 Å². The van der Waals surface area contributed by atoms with Crippen LogP contribution >= 0.6 is 11.3 Å². The highest BCUT2D eigenvalue weighted by molar-refractivity contribution is 7.09. The monoisotopic (exact) mass is 223 g/mol. The van der Waals surface area contributed by atoms with Crippen LogP contribution in [0.15, 0.2) is 17.5 Å². The fourth-order valence-electron chi connectivity index (χ4n) is 2.88. The van der Waals surface area contributed by atoms with Gasteiger partial charge in [0.25, 0.3) is 0 Å². The summed E-state index contributed by atoms with van der Waals surface area (Å²) < 4.78 is 0. The van der Waals surface area contributed by atoms with Crippen LogP contribution in [-0.4, -0.2) is 6.54 Å². The Morgan fingerprint density at radius 2 is 2.47 bits per heavy atom. The maximum absolute atomic E-state index is 6.01. The van der Waals surface area contributed by atoms with E-state index in [-0.39, 0.29) is 0 Å². The predicted molar refractivity (Wildman–Crippen MR) is 67.1 cm³/mol. The molecule has 0 spiro atoms. The Morgan fingerprint density at radius 3 is 3.00 bits per heavy atom. The van der Waals surface area contributed by atoms with E-state index < -0.39 is 0 Å². The van der Waals surface area contributed by atoms with Gasteiger partial charge in [-0.3, -0.25) is 0 Å². The minimum absolute atomic E-state index is 0.422. The number of rotatable bonds is 4. The SMILES string of the molecule is CCC1CCC(CN)(Cc2cccs2)C1. The van der Waals surface area contributed by atoms with E-state index in [2.05, 4.69) is 24.4 Å². The van der Waals surface area contributed by atoms with Crippen molar-refractivity contribution in [1.82, 2.24) is 0 Å². The molecule has 2 rings (SSSR count). The van der Waals surface area contributed by atoms with Crippen LogP contribution in [0.4, 0.5) is 0 Å². The largest absolute Gasteiger partial charge is 0.330 e. The zero-order valence-electron chi connectivity index (χ0n) is 9.54. The van der Waals surface area contributed by atoms with E-state index in [1.807, 2.05) is 11.3 Å². The van der Waals surface area contributed by atoms with Crippen molar-refractivity contribution in [3.05, 3.63) is 22.4 Å². The van der Waals surface area contributed by atoms with Crippen molar-refractivity contribution in [2.24, 2.45) is 17.1 Å². The molecule has 0 aliphatic heterocycles. The maximum Gasteiger partial charge on any atom is 0.00512 e. The predicted octanol–water partition coefficient (Wildman–Crippen LogP) is 3.45. The van der Waals surface area contributed by atoms with Crippen molar-refractivity contribution in [1.29, 1.82) is 0 Å². The van der Waals surface area contributed by atoms with Crippen molar-refractivity contribution < 1.29 is 0 Å². The molecule has 1 heterocycles. The molecule has 1 aromatic heterocycles. The molecule has 2 unspecified atom stereocenters. The van der Waals surface area contributed by atoms with Crippen molar-refractivity contribution in [3.63, 3.8) is 0 Å². The molecule has 1 aliphatic carbocycles. The minimum Gasteiger partial charge on any atom is -0.330 e. The molecule has 1 fully saturated rings. The van der Waals surface area contributed by atoms with Crippen LogP contribution in [0.3, 0.4) is 0 Å². The Morgan fingerprint density at radius 1 is 1.60 bits per heavy atom. The third-order valence-corrected chi connectivity index (χ3v) is 4.82. The normalized spacial score (nSPS) is 30.9. The lowest BCUT2D eigenvalue weighted by Gasteiger charge is -2.27. The van der Waals surface area contributed by atoms with E-state index >= 15 is 0 Å². The summed E-state index contributed by atoms with van der Waals surface area (Å²) in [6, 6.07) is 4.40. The molecule has 1 aromatic rings. The third kappa shape index (κ3) is 2.43. The van der Waals surface area contributed by atoms with Gasteiger partial charge in [0, 0.05) is 4.88 Å². The van der Waals surface area contributed by atoms with Crippen LogP contribution in [0.25, 0.3) is 0 Å². The molecular formula is C13H21NS. The molecule has 2 atom stereocenters. The summed E-state index contributed by atoms with van der Waals surface area (Å²) in [7, 11) is 0. The summed E-state index contributed by atoms with van der Waals surface area (Å²) >= 11 is 1.88. The molecule has 84 valence electrons. The standard InChI is InChI=1S/C13H21NS/c1-2-11-5-6-13(8-11,10-14)9-12-4-3-7-15-12/h3-4,7,11H,2,5-6,8-10,14H2,1H3. The van der Waals surface area contributed by atoms with E-state index in [0.717, 1.165) is 12.5 Å². The molecule has 1 aliphatic rings. The average molecular weight is 223 g/mol. The average Bonchev–Trinajstić information content (AvgIpc) is 2.88. The van der Waals surface area contributed by atoms with E-state index in [9.17, 15) is 0 Å². The molecule has 1 saturated carbocycles. The Labute approximate surface area is 96.7 Å². The zero-order valence-corrected chi connectivity index (χ0v) is 10.4. The van der Waals surface area contributed by atoms with Crippen LogP contribution in [0.1, 0.15) is 37.5 Å². The lowest BCUT2D eigenvalue weighted by atomic mass is 9.81. The Kier molecular flexibility index (Phi) is 3.47. The van der Waals surface area contributed by atoms with Gasteiger partial charge in [-0.05, 0) is 55.0 Å². The van der Waals surface area contributed by atoms with Crippen LogP contribution in [0, 0.1) is 11.3 Å². The van der Waals surface area contributed by atoms with Gasteiger partial charge in [-0.25, -0.2) is 0 Å². The fourth-order valence-corrected chi connectivity index (χ4v) is 3.75. The van der Waals surface area contributed by atoms with Crippen molar-refractivity contribution in [2.45, 2.75) is 39.0 Å². The molecule has 2 N–H and O–H groups in total. The van der Waals surface area contributed by atoms with Gasteiger partial charge in [-0.15, -0.1) is 11.3 Å². The van der Waals surface area contributed by atoms with E-state index in [4.69, 9.17) is 5.73 Å². The lowest BCUT2D eigenvalue weighted by Crippen LogP contribution is -2.30. The first-order valence-corrected chi connectivity index (χ1v) is 6.88. The summed E-state index contributed by atoms with van der Waals surface area (Å²) in [6.07, 6.45) is 6.60. The van der Waals surface area contributed by atoms with Gasteiger partial charge in [-0.1, -0.05) is 19.4 Å². The van der Waals surface area contributed by atoms with Gasteiger partial charge in [0.2, 0.25) is 0 Å². The van der Waals surface area contributed by atoms with Gasteiger partial charge >= 0.3 is 0 Å². The third-order valence-electron chi connectivity index (χ3n) is 3.94. The Hall–Kier alpha value is -0.340. The summed E-state index contributed by atoms with van der Waals surface area (Å²) in [5.41, 5.74) is 6.43. The minimum atomic E-state index is 0.422. The van der Waals surface area contributed by atoms with Gasteiger partial charge in [0.15, 0.2) is 0 Å². The van der Waals surface area contributed by atoms with Crippen LogP contribution in [0.5, 0.6) is 0 Å². The molecule has 2 heteroatoms. The molecule has 0 radical (unpaired) electrons. The number of nitrogens with two attached hydrogens (primary N) is 1. The van der Waals surface area contributed by atoms with E-state index in [1.54, 1.807) is 0 Å². The van der Waals surface area contributed by atoms with Gasteiger partial charge in [0.1, 0.15) is 0 Å². The second-order valence-electron chi connectivity index (χ2n) is 4.98. The van der Waals surface area contributed by atoms with Crippen LogP contribution in [0.2, 0.25) is 0 Å².